The zero-order chi connectivity index (χ0) is 10.7. The summed E-state index contributed by atoms with van der Waals surface area (Å²) in [5.41, 5.74) is 0.0719. The molecule has 2 aliphatic rings. The highest BCUT2D eigenvalue weighted by Gasteiger charge is 2.43. The Kier molecular flexibility index (Phi) is 3.76. The van der Waals surface area contributed by atoms with Crippen molar-refractivity contribution in [2.75, 3.05) is 11.5 Å². The molecule has 3 atom stereocenters. The molecule has 1 heterocycles. The van der Waals surface area contributed by atoms with Gasteiger partial charge in [0.25, 0.3) is 0 Å². The number of carbonyl (C=O) groups is 1. The quantitative estimate of drug-likeness (QED) is 0.685. The van der Waals surface area contributed by atoms with Crippen LogP contribution in [0.25, 0.3) is 0 Å². The van der Waals surface area contributed by atoms with Crippen molar-refractivity contribution in [3.05, 3.63) is 0 Å². The molecule has 0 N–H and O–H groups in total. The number of thioether (sulfide) groups is 1. The lowest BCUT2D eigenvalue weighted by atomic mass is 9.63. The van der Waals surface area contributed by atoms with Crippen LogP contribution in [0.5, 0.6) is 0 Å². The Balaban J connectivity index is 2.08. The topological polar surface area (TPSA) is 17.1 Å². The Morgan fingerprint density at radius 1 is 1.47 bits per heavy atom. The van der Waals surface area contributed by atoms with Crippen molar-refractivity contribution >= 4 is 18.0 Å². The van der Waals surface area contributed by atoms with Crippen LogP contribution in [0.3, 0.4) is 0 Å². The predicted molar refractivity (Wildman–Crippen MR) is 66.2 cm³/mol. The number of aldehydes is 1. The predicted octanol–water partition coefficient (Wildman–Crippen LogP) is 3.53. The van der Waals surface area contributed by atoms with Gasteiger partial charge in [0.1, 0.15) is 6.29 Å². The molecule has 2 rings (SSSR count). The third-order valence-corrected chi connectivity index (χ3v) is 5.64. The molecule has 1 saturated carbocycles. The van der Waals surface area contributed by atoms with E-state index in [-0.39, 0.29) is 5.41 Å². The summed E-state index contributed by atoms with van der Waals surface area (Å²) < 4.78 is 0. The first kappa shape index (κ1) is 11.5. The van der Waals surface area contributed by atoms with Gasteiger partial charge in [0, 0.05) is 5.41 Å². The first-order chi connectivity index (χ1) is 7.30. The van der Waals surface area contributed by atoms with Gasteiger partial charge in [-0.3, -0.25) is 0 Å². The van der Waals surface area contributed by atoms with E-state index in [4.69, 9.17) is 0 Å². The normalized spacial score (nSPS) is 41.7. The monoisotopic (exact) mass is 226 g/mol. The van der Waals surface area contributed by atoms with Crippen molar-refractivity contribution in [1.29, 1.82) is 0 Å². The zero-order valence-electron chi connectivity index (χ0n) is 9.71. The average Bonchev–Trinajstić information content (AvgIpc) is 2.83. The summed E-state index contributed by atoms with van der Waals surface area (Å²) in [7, 11) is 0. The van der Waals surface area contributed by atoms with Gasteiger partial charge in [0.05, 0.1) is 0 Å². The van der Waals surface area contributed by atoms with E-state index in [1.54, 1.807) is 0 Å². The van der Waals surface area contributed by atoms with Gasteiger partial charge >= 0.3 is 0 Å². The zero-order valence-corrected chi connectivity index (χ0v) is 10.5. The summed E-state index contributed by atoms with van der Waals surface area (Å²) in [6.45, 7) is 2.27. The Morgan fingerprint density at radius 3 is 2.93 bits per heavy atom. The van der Waals surface area contributed by atoms with Gasteiger partial charge in [-0.05, 0) is 42.6 Å². The SMILES string of the molecule is CCC1CCCC(C=O)(C2CCSC2)C1. The van der Waals surface area contributed by atoms with Crippen LogP contribution in [-0.2, 0) is 4.79 Å². The largest absolute Gasteiger partial charge is 0.303 e. The van der Waals surface area contributed by atoms with Crippen molar-refractivity contribution in [2.45, 2.75) is 45.4 Å². The average molecular weight is 226 g/mol. The summed E-state index contributed by atoms with van der Waals surface area (Å²) in [5, 5.41) is 0. The van der Waals surface area contributed by atoms with Gasteiger partial charge in [-0.2, -0.15) is 11.8 Å². The second-order valence-corrected chi connectivity index (χ2v) is 6.43. The number of hydrogen-bond acceptors (Lipinski definition) is 2. The van der Waals surface area contributed by atoms with Crippen molar-refractivity contribution in [1.82, 2.24) is 0 Å². The lowest BCUT2D eigenvalue weighted by molar-refractivity contribution is -0.122. The van der Waals surface area contributed by atoms with Gasteiger partial charge < -0.3 is 4.79 Å². The van der Waals surface area contributed by atoms with E-state index in [2.05, 4.69) is 6.92 Å². The highest BCUT2D eigenvalue weighted by atomic mass is 32.2. The van der Waals surface area contributed by atoms with Crippen LogP contribution in [0.1, 0.15) is 45.4 Å². The standard InChI is InChI=1S/C13H22OS/c1-2-11-4-3-6-13(8-11,10-14)12-5-7-15-9-12/h10-12H,2-9H2,1H3. The maximum atomic E-state index is 11.5. The summed E-state index contributed by atoms with van der Waals surface area (Å²) in [6.07, 6.45) is 8.83. The molecule has 1 aliphatic carbocycles. The number of rotatable bonds is 3. The van der Waals surface area contributed by atoms with Crippen LogP contribution in [0.15, 0.2) is 0 Å². The van der Waals surface area contributed by atoms with E-state index in [1.807, 2.05) is 11.8 Å². The fourth-order valence-electron chi connectivity index (χ4n) is 3.37. The summed E-state index contributed by atoms with van der Waals surface area (Å²) in [6, 6.07) is 0. The fourth-order valence-corrected chi connectivity index (χ4v) is 4.77. The molecule has 0 aromatic heterocycles. The maximum absolute atomic E-state index is 11.5. The molecule has 2 fully saturated rings. The second kappa shape index (κ2) is 4.90. The highest BCUT2D eigenvalue weighted by Crippen LogP contribution is 2.48. The Morgan fingerprint density at radius 2 is 2.33 bits per heavy atom. The first-order valence-corrected chi connectivity index (χ1v) is 7.50. The van der Waals surface area contributed by atoms with E-state index < -0.39 is 0 Å². The Labute approximate surface area is 97.4 Å². The summed E-state index contributed by atoms with van der Waals surface area (Å²) in [5.74, 6) is 4.01. The van der Waals surface area contributed by atoms with Crippen molar-refractivity contribution in [3.63, 3.8) is 0 Å². The van der Waals surface area contributed by atoms with Crippen LogP contribution in [0.4, 0.5) is 0 Å². The molecule has 0 bridgehead atoms. The van der Waals surface area contributed by atoms with Crippen molar-refractivity contribution < 1.29 is 4.79 Å². The van der Waals surface area contributed by atoms with Gasteiger partial charge in [-0.1, -0.05) is 26.2 Å². The molecule has 86 valence electrons. The van der Waals surface area contributed by atoms with Crippen LogP contribution in [0, 0.1) is 17.3 Å². The Hall–Kier alpha value is 0.0200. The second-order valence-electron chi connectivity index (χ2n) is 5.28. The molecular formula is C13H22OS. The number of hydrogen-bond donors (Lipinski definition) is 0. The third kappa shape index (κ3) is 2.25. The van der Waals surface area contributed by atoms with E-state index in [0.29, 0.717) is 5.92 Å². The highest BCUT2D eigenvalue weighted by molar-refractivity contribution is 7.99. The maximum Gasteiger partial charge on any atom is 0.126 e. The van der Waals surface area contributed by atoms with Gasteiger partial charge in [-0.15, -0.1) is 0 Å². The van der Waals surface area contributed by atoms with E-state index in [1.165, 1.54) is 49.9 Å². The summed E-state index contributed by atoms with van der Waals surface area (Å²) in [4.78, 5) is 11.5. The Bertz CT molecular complexity index is 223. The fraction of sp³-hybridized carbons (Fsp3) is 0.923. The van der Waals surface area contributed by atoms with Gasteiger partial charge in [-0.25, -0.2) is 0 Å². The van der Waals surface area contributed by atoms with Crippen molar-refractivity contribution in [3.8, 4) is 0 Å². The minimum Gasteiger partial charge on any atom is -0.303 e. The first-order valence-electron chi connectivity index (χ1n) is 6.35. The molecule has 0 aromatic rings. The summed E-state index contributed by atoms with van der Waals surface area (Å²) >= 11 is 2.04. The third-order valence-electron chi connectivity index (χ3n) is 4.48. The van der Waals surface area contributed by atoms with Crippen molar-refractivity contribution in [2.24, 2.45) is 17.3 Å². The molecule has 0 aromatic carbocycles. The minimum absolute atomic E-state index is 0.0719. The van der Waals surface area contributed by atoms with E-state index in [0.717, 1.165) is 12.3 Å². The van der Waals surface area contributed by atoms with Crippen LogP contribution >= 0.6 is 11.8 Å². The smallest absolute Gasteiger partial charge is 0.126 e. The molecule has 0 amide bonds. The van der Waals surface area contributed by atoms with Gasteiger partial charge in [0.2, 0.25) is 0 Å². The minimum atomic E-state index is 0.0719. The molecule has 1 nitrogen and oxygen atoms in total. The van der Waals surface area contributed by atoms with Crippen LogP contribution < -0.4 is 0 Å². The molecule has 2 heteroatoms. The molecule has 0 radical (unpaired) electrons. The molecule has 15 heavy (non-hydrogen) atoms. The van der Waals surface area contributed by atoms with Crippen LogP contribution in [-0.4, -0.2) is 17.8 Å². The van der Waals surface area contributed by atoms with Crippen LogP contribution in [0.2, 0.25) is 0 Å². The van der Waals surface area contributed by atoms with E-state index in [9.17, 15) is 4.79 Å². The number of carbonyl (C=O) groups excluding carboxylic acids is 1. The van der Waals surface area contributed by atoms with Gasteiger partial charge in [0.15, 0.2) is 0 Å². The molecule has 3 unspecified atom stereocenters. The molecule has 1 saturated heterocycles. The molecule has 0 spiro atoms. The lowest BCUT2D eigenvalue weighted by Gasteiger charge is -2.40. The van der Waals surface area contributed by atoms with E-state index >= 15 is 0 Å². The molecule has 1 aliphatic heterocycles. The molecular weight excluding hydrogens is 204 g/mol. The lowest BCUT2D eigenvalue weighted by Crippen LogP contribution is -2.37.